The van der Waals surface area contributed by atoms with Gasteiger partial charge in [-0.3, -0.25) is 4.79 Å². The maximum absolute atomic E-state index is 12.4. The van der Waals surface area contributed by atoms with Gasteiger partial charge in [-0.15, -0.1) is 0 Å². The third kappa shape index (κ3) is 2.37. The molecule has 0 saturated carbocycles. The third-order valence-corrected chi connectivity index (χ3v) is 3.49. The van der Waals surface area contributed by atoms with Crippen molar-refractivity contribution in [2.45, 2.75) is 20.3 Å². The molecule has 1 aliphatic rings. The summed E-state index contributed by atoms with van der Waals surface area (Å²) in [5.41, 5.74) is 2.54. The van der Waals surface area contributed by atoms with Crippen LogP contribution in [0.4, 0.5) is 0 Å². The molecule has 1 heterocycles. The molecule has 1 fully saturated rings. The Morgan fingerprint density at radius 3 is 2.78 bits per heavy atom. The lowest BCUT2D eigenvalue weighted by Gasteiger charge is -2.31. The van der Waals surface area contributed by atoms with Crippen LogP contribution >= 0.6 is 0 Å². The summed E-state index contributed by atoms with van der Waals surface area (Å²) in [6.45, 7) is 5.16. The molecule has 18 heavy (non-hydrogen) atoms. The van der Waals surface area contributed by atoms with E-state index in [4.69, 9.17) is 5.21 Å². The molecule has 0 bridgehead atoms. The first-order valence-electron chi connectivity index (χ1n) is 6.19. The highest BCUT2D eigenvalue weighted by molar-refractivity contribution is 5.97. The molecular weight excluding hydrogens is 228 g/mol. The van der Waals surface area contributed by atoms with Crippen LogP contribution < -0.4 is 0 Å². The van der Waals surface area contributed by atoms with Crippen molar-refractivity contribution in [2.24, 2.45) is 11.1 Å². The quantitative estimate of drug-likeness (QED) is 0.610. The zero-order chi connectivity index (χ0) is 13.1. The lowest BCUT2D eigenvalue weighted by Crippen LogP contribution is -2.43. The number of nitrogens with zero attached hydrogens (tertiary/aromatic N) is 2. The topological polar surface area (TPSA) is 52.9 Å². The summed E-state index contributed by atoms with van der Waals surface area (Å²) in [6, 6.07) is 7.62. The Labute approximate surface area is 107 Å². The van der Waals surface area contributed by atoms with Crippen LogP contribution in [0, 0.1) is 12.8 Å². The number of rotatable bonds is 1. The third-order valence-electron chi connectivity index (χ3n) is 3.49. The second kappa shape index (κ2) is 5.21. The van der Waals surface area contributed by atoms with E-state index in [1.54, 1.807) is 0 Å². The van der Waals surface area contributed by atoms with E-state index in [1.807, 2.05) is 43.0 Å². The van der Waals surface area contributed by atoms with Gasteiger partial charge in [0.15, 0.2) is 0 Å². The van der Waals surface area contributed by atoms with Crippen molar-refractivity contribution in [1.82, 2.24) is 4.90 Å². The largest absolute Gasteiger partial charge is 0.411 e. The van der Waals surface area contributed by atoms with Crippen molar-refractivity contribution in [2.75, 3.05) is 13.1 Å². The Balaban J connectivity index is 2.15. The Morgan fingerprint density at radius 2 is 2.17 bits per heavy atom. The predicted octanol–water partition coefficient (Wildman–Crippen LogP) is 2.31. The van der Waals surface area contributed by atoms with Crippen molar-refractivity contribution in [3.8, 4) is 0 Å². The van der Waals surface area contributed by atoms with Crippen LogP contribution in [0.1, 0.15) is 29.3 Å². The smallest absolute Gasteiger partial charge is 0.254 e. The summed E-state index contributed by atoms with van der Waals surface area (Å²) < 4.78 is 0. The highest BCUT2D eigenvalue weighted by Gasteiger charge is 2.26. The highest BCUT2D eigenvalue weighted by atomic mass is 16.4. The number of piperidine rings is 1. The molecule has 0 aliphatic carbocycles. The fourth-order valence-electron chi connectivity index (χ4n) is 2.34. The minimum atomic E-state index is 0.0666. The Kier molecular flexibility index (Phi) is 3.65. The lowest BCUT2D eigenvalue weighted by atomic mass is 9.96. The van der Waals surface area contributed by atoms with Gasteiger partial charge in [-0.2, -0.15) is 0 Å². The van der Waals surface area contributed by atoms with Crippen LogP contribution in [0.3, 0.4) is 0 Å². The van der Waals surface area contributed by atoms with Gasteiger partial charge in [-0.05, 0) is 18.6 Å². The van der Waals surface area contributed by atoms with Crippen LogP contribution in [-0.4, -0.2) is 34.8 Å². The maximum atomic E-state index is 12.4. The number of oxime groups is 1. The molecule has 4 nitrogen and oxygen atoms in total. The van der Waals surface area contributed by atoms with E-state index in [0.717, 1.165) is 16.8 Å². The van der Waals surface area contributed by atoms with Crippen molar-refractivity contribution in [3.63, 3.8) is 0 Å². The number of aryl methyl sites for hydroxylation is 1. The number of likely N-dealkylation sites (tertiary alicyclic amines) is 1. The second-order valence-electron chi connectivity index (χ2n) is 4.81. The van der Waals surface area contributed by atoms with Gasteiger partial charge < -0.3 is 10.1 Å². The van der Waals surface area contributed by atoms with E-state index in [9.17, 15) is 4.79 Å². The van der Waals surface area contributed by atoms with Crippen molar-refractivity contribution in [1.29, 1.82) is 0 Å². The van der Waals surface area contributed by atoms with Gasteiger partial charge in [0.1, 0.15) is 0 Å². The van der Waals surface area contributed by atoms with Crippen LogP contribution in [0.5, 0.6) is 0 Å². The summed E-state index contributed by atoms with van der Waals surface area (Å²) in [7, 11) is 0. The summed E-state index contributed by atoms with van der Waals surface area (Å²) in [4.78, 5) is 14.2. The molecular formula is C14H18N2O2. The first-order chi connectivity index (χ1) is 8.63. The van der Waals surface area contributed by atoms with Gasteiger partial charge in [0.25, 0.3) is 5.91 Å². The standard InChI is InChI=1S/C14H18N2O2/c1-10-5-3-4-6-12(10)14(17)16-8-7-13(15-18)11(2)9-16/h3-6,11,18H,7-9H2,1-2H3/b15-13+. The molecule has 1 aromatic rings. The van der Waals surface area contributed by atoms with E-state index >= 15 is 0 Å². The molecule has 1 aliphatic heterocycles. The molecule has 0 aromatic heterocycles. The Hall–Kier alpha value is -1.84. The van der Waals surface area contributed by atoms with Gasteiger partial charge in [-0.1, -0.05) is 30.3 Å². The normalized spacial score (nSPS) is 22.2. The fourth-order valence-corrected chi connectivity index (χ4v) is 2.34. The predicted molar refractivity (Wildman–Crippen MR) is 70.1 cm³/mol. The molecule has 1 atom stereocenters. The molecule has 1 unspecified atom stereocenters. The van der Waals surface area contributed by atoms with Crippen molar-refractivity contribution >= 4 is 11.6 Å². The van der Waals surface area contributed by atoms with Gasteiger partial charge in [0.05, 0.1) is 5.71 Å². The second-order valence-corrected chi connectivity index (χ2v) is 4.81. The number of amides is 1. The SMILES string of the molecule is Cc1ccccc1C(=O)N1CC/C(=N\O)C(C)C1. The fraction of sp³-hybridized carbons (Fsp3) is 0.429. The lowest BCUT2D eigenvalue weighted by molar-refractivity contribution is 0.0733. The molecule has 2 rings (SSSR count). The molecule has 4 heteroatoms. The average Bonchev–Trinajstić information content (AvgIpc) is 2.38. The van der Waals surface area contributed by atoms with Gasteiger partial charge in [-0.25, -0.2) is 0 Å². The molecule has 1 aromatic carbocycles. The summed E-state index contributed by atoms with van der Waals surface area (Å²) in [6.07, 6.45) is 0.648. The minimum absolute atomic E-state index is 0.0666. The van der Waals surface area contributed by atoms with Gasteiger partial charge in [0, 0.05) is 31.0 Å². The van der Waals surface area contributed by atoms with Crippen LogP contribution in [-0.2, 0) is 0 Å². The first-order valence-corrected chi connectivity index (χ1v) is 6.19. The van der Waals surface area contributed by atoms with Gasteiger partial charge in [0.2, 0.25) is 0 Å². The minimum Gasteiger partial charge on any atom is -0.411 e. The number of carbonyl (C=O) groups is 1. The van der Waals surface area contributed by atoms with Crippen LogP contribution in [0.2, 0.25) is 0 Å². The highest BCUT2D eigenvalue weighted by Crippen LogP contribution is 2.18. The van der Waals surface area contributed by atoms with Crippen molar-refractivity contribution < 1.29 is 10.0 Å². The molecule has 0 spiro atoms. The monoisotopic (exact) mass is 246 g/mol. The molecule has 96 valence electrons. The van der Waals surface area contributed by atoms with Gasteiger partial charge >= 0.3 is 0 Å². The summed E-state index contributed by atoms with van der Waals surface area (Å²) in [5, 5.41) is 12.1. The van der Waals surface area contributed by atoms with E-state index in [2.05, 4.69) is 5.16 Å². The number of hydrogen-bond donors (Lipinski definition) is 1. The number of carbonyl (C=O) groups excluding carboxylic acids is 1. The molecule has 1 amide bonds. The zero-order valence-corrected chi connectivity index (χ0v) is 10.8. The number of benzene rings is 1. The molecule has 1 N–H and O–H groups in total. The average molecular weight is 246 g/mol. The summed E-state index contributed by atoms with van der Waals surface area (Å²) in [5.74, 6) is 0.189. The Bertz CT molecular complexity index is 482. The zero-order valence-electron chi connectivity index (χ0n) is 10.8. The molecule has 0 radical (unpaired) electrons. The van der Waals surface area contributed by atoms with Crippen molar-refractivity contribution in [3.05, 3.63) is 35.4 Å². The first kappa shape index (κ1) is 12.6. The maximum Gasteiger partial charge on any atom is 0.254 e. The Morgan fingerprint density at radius 1 is 1.44 bits per heavy atom. The van der Waals surface area contributed by atoms with E-state index in [1.165, 1.54) is 0 Å². The summed E-state index contributed by atoms with van der Waals surface area (Å²) >= 11 is 0. The van der Waals surface area contributed by atoms with E-state index in [-0.39, 0.29) is 11.8 Å². The van der Waals surface area contributed by atoms with E-state index in [0.29, 0.717) is 19.5 Å². The molecule has 1 saturated heterocycles. The number of hydrogen-bond acceptors (Lipinski definition) is 3. The van der Waals surface area contributed by atoms with Crippen LogP contribution in [0.25, 0.3) is 0 Å². The van der Waals surface area contributed by atoms with E-state index < -0.39 is 0 Å². The van der Waals surface area contributed by atoms with Crippen LogP contribution in [0.15, 0.2) is 29.4 Å².